The summed E-state index contributed by atoms with van der Waals surface area (Å²) in [5, 5.41) is 2.70. The number of hydrogen-bond donors (Lipinski definition) is 1. The molecule has 138 valence electrons. The van der Waals surface area contributed by atoms with E-state index in [1.54, 1.807) is 30.3 Å². The van der Waals surface area contributed by atoms with E-state index in [2.05, 4.69) is 35.1 Å². The molecule has 0 unspecified atom stereocenters. The van der Waals surface area contributed by atoms with Crippen LogP contribution in [0.5, 0.6) is 5.75 Å². The van der Waals surface area contributed by atoms with E-state index >= 15 is 0 Å². The maximum Gasteiger partial charge on any atom is 0.338 e. The predicted molar refractivity (Wildman–Crippen MR) is 105 cm³/mol. The van der Waals surface area contributed by atoms with Gasteiger partial charge < -0.3 is 14.8 Å². The molecule has 1 N–H and O–H groups in total. The summed E-state index contributed by atoms with van der Waals surface area (Å²) >= 11 is 3.39. The fraction of sp³-hybridized carbons (Fsp3) is 0.300. The normalized spacial score (nSPS) is 10.5. The van der Waals surface area contributed by atoms with Gasteiger partial charge in [0.25, 0.3) is 5.91 Å². The van der Waals surface area contributed by atoms with Crippen LogP contribution in [0.3, 0.4) is 0 Å². The van der Waals surface area contributed by atoms with Crippen molar-refractivity contribution in [2.45, 2.75) is 20.8 Å². The molecule has 26 heavy (non-hydrogen) atoms. The Bertz CT molecular complexity index is 772. The summed E-state index contributed by atoms with van der Waals surface area (Å²) in [5.41, 5.74) is 2.07. The Hall–Kier alpha value is -2.34. The fourth-order valence-corrected chi connectivity index (χ4v) is 2.66. The van der Waals surface area contributed by atoms with Crippen LogP contribution in [0.4, 0.5) is 5.69 Å². The molecule has 2 rings (SSSR count). The van der Waals surface area contributed by atoms with Crippen molar-refractivity contribution in [1.29, 1.82) is 0 Å². The van der Waals surface area contributed by atoms with Crippen molar-refractivity contribution in [2.24, 2.45) is 5.92 Å². The largest absolute Gasteiger partial charge is 0.493 e. The predicted octanol–water partition coefficient (Wildman–Crippen LogP) is 4.59. The third-order valence-electron chi connectivity index (χ3n) is 3.41. The SMILES string of the molecule is Cc1ccc(NC(=O)COC(=O)c2ccc(OCC(C)C)cc2)c(Br)c1. The Kier molecular flexibility index (Phi) is 7.21. The van der Waals surface area contributed by atoms with Gasteiger partial charge in [0.15, 0.2) is 6.61 Å². The molecule has 0 radical (unpaired) electrons. The average Bonchev–Trinajstić information content (AvgIpc) is 2.60. The van der Waals surface area contributed by atoms with Crippen molar-refractivity contribution in [3.63, 3.8) is 0 Å². The topological polar surface area (TPSA) is 64.6 Å². The first kappa shape index (κ1) is 20.0. The van der Waals surface area contributed by atoms with Crippen LogP contribution in [-0.4, -0.2) is 25.1 Å². The third-order valence-corrected chi connectivity index (χ3v) is 4.06. The van der Waals surface area contributed by atoms with E-state index in [4.69, 9.17) is 9.47 Å². The second-order valence-electron chi connectivity index (χ2n) is 6.34. The molecular weight excluding hydrogens is 398 g/mol. The molecule has 1 amide bonds. The highest BCUT2D eigenvalue weighted by Crippen LogP contribution is 2.23. The molecule has 0 saturated heterocycles. The molecule has 0 bridgehead atoms. The number of esters is 1. The number of amides is 1. The van der Waals surface area contributed by atoms with Crippen LogP contribution in [-0.2, 0) is 9.53 Å². The number of benzene rings is 2. The van der Waals surface area contributed by atoms with Gasteiger partial charge >= 0.3 is 5.97 Å². The highest BCUT2D eigenvalue weighted by atomic mass is 79.9. The number of anilines is 1. The molecule has 0 heterocycles. The van der Waals surface area contributed by atoms with Gasteiger partial charge in [0.05, 0.1) is 17.9 Å². The molecule has 0 aromatic heterocycles. The number of halogens is 1. The zero-order valence-corrected chi connectivity index (χ0v) is 16.6. The Balaban J connectivity index is 1.84. The molecule has 5 nitrogen and oxygen atoms in total. The number of carbonyl (C=O) groups is 2. The van der Waals surface area contributed by atoms with Gasteiger partial charge in [0.2, 0.25) is 0 Å². The summed E-state index contributed by atoms with van der Waals surface area (Å²) in [6, 6.07) is 12.2. The minimum atomic E-state index is -0.557. The fourth-order valence-electron chi connectivity index (χ4n) is 2.07. The first-order valence-corrected chi connectivity index (χ1v) is 9.10. The Morgan fingerprint density at radius 3 is 2.42 bits per heavy atom. The van der Waals surface area contributed by atoms with Gasteiger partial charge in [-0.05, 0) is 70.7 Å². The van der Waals surface area contributed by atoms with Crippen molar-refractivity contribution < 1.29 is 19.1 Å². The maximum atomic E-state index is 12.0. The summed E-state index contributed by atoms with van der Waals surface area (Å²) in [7, 11) is 0. The maximum absolute atomic E-state index is 12.0. The number of hydrogen-bond acceptors (Lipinski definition) is 4. The molecule has 0 atom stereocenters. The third kappa shape index (κ3) is 6.19. The van der Waals surface area contributed by atoms with Crippen LogP contribution < -0.4 is 10.1 Å². The van der Waals surface area contributed by atoms with Crippen molar-refractivity contribution in [2.75, 3.05) is 18.5 Å². The van der Waals surface area contributed by atoms with E-state index in [-0.39, 0.29) is 6.61 Å². The summed E-state index contributed by atoms with van der Waals surface area (Å²) < 4.78 is 11.4. The van der Waals surface area contributed by atoms with Gasteiger partial charge in [-0.2, -0.15) is 0 Å². The van der Waals surface area contributed by atoms with Gasteiger partial charge in [-0.15, -0.1) is 0 Å². The molecule has 0 fully saturated rings. The van der Waals surface area contributed by atoms with Gasteiger partial charge in [-0.25, -0.2) is 4.79 Å². The van der Waals surface area contributed by atoms with E-state index in [9.17, 15) is 9.59 Å². The van der Waals surface area contributed by atoms with Crippen molar-refractivity contribution in [3.8, 4) is 5.75 Å². The quantitative estimate of drug-likeness (QED) is 0.666. The van der Waals surface area contributed by atoms with Crippen molar-refractivity contribution >= 4 is 33.5 Å². The second-order valence-corrected chi connectivity index (χ2v) is 7.19. The lowest BCUT2D eigenvalue weighted by atomic mass is 10.2. The van der Waals surface area contributed by atoms with Crippen LogP contribution in [0.1, 0.15) is 29.8 Å². The molecule has 2 aromatic carbocycles. The van der Waals surface area contributed by atoms with Gasteiger partial charge in [0.1, 0.15) is 5.75 Å². The standard InChI is InChI=1S/C20H22BrNO4/c1-13(2)11-25-16-7-5-15(6-8-16)20(24)26-12-19(23)22-18-9-4-14(3)10-17(18)21/h4-10,13H,11-12H2,1-3H3,(H,22,23). The number of ether oxygens (including phenoxy) is 2. The minimum absolute atomic E-state index is 0.356. The molecule has 0 saturated carbocycles. The lowest BCUT2D eigenvalue weighted by molar-refractivity contribution is -0.119. The molecule has 0 aliphatic carbocycles. The highest BCUT2D eigenvalue weighted by molar-refractivity contribution is 9.10. The number of rotatable bonds is 7. The molecule has 2 aromatic rings. The number of aryl methyl sites for hydroxylation is 1. The van der Waals surface area contributed by atoms with E-state index in [1.165, 1.54) is 0 Å². The molecule has 0 spiro atoms. The number of carbonyl (C=O) groups excluding carboxylic acids is 2. The van der Waals surface area contributed by atoms with E-state index in [0.717, 1.165) is 10.0 Å². The summed E-state index contributed by atoms with van der Waals surface area (Å²) in [4.78, 5) is 24.0. The minimum Gasteiger partial charge on any atom is -0.493 e. The lowest BCUT2D eigenvalue weighted by Gasteiger charge is -2.10. The van der Waals surface area contributed by atoms with Crippen LogP contribution in [0.2, 0.25) is 0 Å². The molecule has 0 aliphatic rings. The molecule has 6 heteroatoms. The highest BCUT2D eigenvalue weighted by Gasteiger charge is 2.12. The van der Waals surface area contributed by atoms with Gasteiger partial charge in [0, 0.05) is 4.47 Å². The van der Waals surface area contributed by atoms with Crippen molar-refractivity contribution in [1.82, 2.24) is 0 Å². The van der Waals surface area contributed by atoms with E-state index in [0.29, 0.717) is 29.5 Å². The summed E-state index contributed by atoms with van der Waals surface area (Å²) in [6.07, 6.45) is 0. The van der Waals surface area contributed by atoms with Gasteiger partial charge in [-0.3, -0.25) is 4.79 Å². The first-order chi connectivity index (χ1) is 12.3. The van der Waals surface area contributed by atoms with Crippen LogP contribution in [0.15, 0.2) is 46.9 Å². The van der Waals surface area contributed by atoms with Crippen molar-refractivity contribution in [3.05, 3.63) is 58.1 Å². The second kappa shape index (κ2) is 9.38. The molecular formula is C20H22BrNO4. The zero-order chi connectivity index (χ0) is 19.1. The van der Waals surface area contributed by atoms with E-state index < -0.39 is 11.9 Å². The Labute approximate surface area is 161 Å². The smallest absolute Gasteiger partial charge is 0.338 e. The Morgan fingerprint density at radius 2 is 1.81 bits per heavy atom. The number of nitrogens with one attached hydrogen (secondary N) is 1. The Morgan fingerprint density at radius 1 is 1.12 bits per heavy atom. The lowest BCUT2D eigenvalue weighted by Crippen LogP contribution is -2.21. The monoisotopic (exact) mass is 419 g/mol. The first-order valence-electron chi connectivity index (χ1n) is 8.31. The van der Waals surface area contributed by atoms with Crippen LogP contribution in [0, 0.1) is 12.8 Å². The van der Waals surface area contributed by atoms with Gasteiger partial charge in [-0.1, -0.05) is 19.9 Å². The van der Waals surface area contributed by atoms with E-state index in [1.807, 2.05) is 19.1 Å². The summed E-state index contributed by atoms with van der Waals surface area (Å²) in [6.45, 7) is 6.33. The van der Waals surface area contributed by atoms with Crippen LogP contribution in [0.25, 0.3) is 0 Å². The summed E-state index contributed by atoms with van der Waals surface area (Å²) in [5.74, 6) is 0.155. The van der Waals surface area contributed by atoms with Crippen LogP contribution >= 0.6 is 15.9 Å². The zero-order valence-electron chi connectivity index (χ0n) is 15.0. The average molecular weight is 420 g/mol. The molecule has 0 aliphatic heterocycles.